The van der Waals surface area contributed by atoms with E-state index < -0.39 is 6.10 Å². The Hall–Kier alpha value is -1.72. The maximum absolute atomic E-state index is 10.1. The van der Waals surface area contributed by atoms with Crippen LogP contribution in [0.1, 0.15) is 18.1 Å². The largest absolute Gasteiger partial charge is 0.388 e. The summed E-state index contributed by atoms with van der Waals surface area (Å²) in [6.07, 6.45) is 3.60. The van der Waals surface area contributed by atoms with Crippen molar-refractivity contribution in [3.63, 3.8) is 0 Å². The number of aromatic nitrogens is 3. The Morgan fingerprint density at radius 2 is 2.05 bits per heavy atom. The van der Waals surface area contributed by atoms with Gasteiger partial charge < -0.3 is 10.0 Å². The maximum Gasteiger partial charge on any atom is 0.137 e. The maximum atomic E-state index is 10.1. The van der Waals surface area contributed by atoms with Crippen molar-refractivity contribution >= 4 is 0 Å². The number of nitrogens with zero attached hydrogens (tertiary/aromatic N) is 4. The van der Waals surface area contributed by atoms with Gasteiger partial charge in [-0.25, -0.2) is 4.98 Å². The molecule has 0 aliphatic rings. The van der Waals surface area contributed by atoms with Crippen molar-refractivity contribution in [2.75, 3.05) is 20.1 Å². The Morgan fingerprint density at radius 3 is 2.74 bits per heavy atom. The molecular weight excluding hydrogens is 240 g/mol. The van der Waals surface area contributed by atoms with E-state index in [1.165, 1.54) is 0 Å². The lowest BCUT2D eigenvalue weighted by Gasteiger charge is -2.18. The van der Waals surface area contributed by atoms with Gasteiger partial charge in [-0.15, -0.1) is 0 Å². The second kappa shape index (κ2) is 7.01. The average molecular weight is 260 g/mol. The molecule has 2 aromatic rings. The third-order valence-electron chi connectivity index (χ3n) is 3.15. The zero-order valence-electron chi connectivity index (χ0n) is 11.2. The van der Waals surface area contributed by atoms with Crippen LogP contribution in [0, 0.1) is 0 Å². The van der Waals surface area contributed by atoms with Crippen LogP contribution in [0.5, 0.6) is 0 Å². The van der Waals surface area contributed by atoms with E-state index in [0.717, 1.165) is 31.6 Å². The highest BCUT2D eigenvalue weighted by Crippen LogP contribution is 2.15. The van der Waals surface area contributed by atoms with Gasteiger partial charge in [0.25, 0.3) is 0 Å². The second-order valence-corrected chi connectivity index (χ2v) is 4.68. The summed E-state index contributed by atoms with van der Waals surface area (Å²) < 4.78 is 1.81. The number of hydrogen-bond donors (Lipinski definition) is 1. The summed E-state index contributed by atoms with van der Waals surface area (Å²) in [6, 6.07) is 9.78. The molecule has 1 N–H and O–H groups in total. The molecule has 0 spiro atoms. The average Bonchev–Trinajstić information content (AvgIpc) is 2.96. The first-order valence-electron chi connectivity index (χ1n) is 6.49. The minimum Gasteiger partial charge on any atom is -0.388 e. The van der Waals surface area contributed by atoms with Crippen LogP contribution < -0.4 is 0 Å². The van der Waals surface area contributed by atoms with Gasteiger partial charge in [-0.05, 0) is 19.0 Å². The summed E-state index contributed by atoms with van der Waals surface area (Å²) in [6.45, 7) is 2.56. The predicted molar refractivity (Wildman–Crippen MR) is 73.5 cm³/mol. The molecule has 2 rings (SSSR count). The quantitative estimate of drug-likeness (QED) is 0.816. The van der Waals surface area contributed by atoms with Gasteiger partial charge in [0.1, 0.15) is 12.7 Å². The molecule has 0 saturated carbocycles. The predicted octanol–water partition coefficient (Wildman–Crippen LogP) is 1.33. The molecule has 0 saturated heterocycles. The van der Waals surface area contributed by atoms with Gasteiger partial charge in [0, 0.05) is 13.1 Å². The van der Waals surface area contributed by atoms with Crippen molar-refractivity contribution < 1.29 is 5.11 Å². The molecule has 1 heterocycles. The van der Waals surface area contributed by atoms with Crippen molar-refractivity contribution in [1.82, 2.24) is 19.7 Å². The molecule has 1 unspecified atom stereocenters. The van der Waals surface area contributed by atoms with Gasteiger partial charge in [-0.3, -0.25) is 4.68 Å². The van der Waals surface area contributed by atoms with E-state index in [2.05, 4.69) is 22.0 Å². The monoisotopic (exact) mass is 260 g/mol. The van der Waals surface area contributed by atoms with E-state index in [-0.39, 0.29) is 0 Å². The fraction of sp³-hybridized carbons (Fsp3) is 0.429. The lowest BCUT2D eigenvalue weighted by molar-refractivity contribution is 0.148. The smallest absolute Gasteiger partial charge is 0.137 e. The normalized spacial score (nSPS) is 12.8. The van der Waals surface area contributed by atoms with Gasteiger partial charge in [0.15, 0.2) is 0 Å². The number of aliphatic hydroxyl groups is 1. The third kappa shape index (κ3) is 4.46. The molecule has 102 valence electrons. The van der Waals surface area contributed by atoms with Crippen molar-refractivity contribution in [1.29, 1.82) is 0 Å². The summed E-state index contributed by atoms with van der Waals surface area (Å²) in [7, 11) is 2.05. The van der Waals surface area contributed by atoms with Crippen LogP contribution in [0.2, 0.25) is 0 Å². The van der Waals surface area contributed by atoms with Gasteiger partial charge in [-0.2, -0.15) is 5.10 Å². The van der Waals surface area contributed by atoms with Crippen molar-refractivity contribution in [3.8, 4) is 0 Å². The molecule has 5 nitrogen and oxygen atoms in total. The van der Waals surface area contributed by atoms with Gasteiger partial charge in [-0.1, -0.05) is 30.3 Å². The third-order valence-corrected chi connectivity index (χ3v) is 3.15. The van der Waals surface area contributed by atoms with Crippen LogP contribution in [-0.4, -0.2) is 44.9 Å². The zero-order valence-corrected chi connectivity index (χ0v) is 11.2. The second-order valence-electron chi connectivity index (χ2n) is 4.68. The van der Waals surface area contributed by atoms with Gasteiger partial charge in [0.05, 0.1) is 12.6 Å². The van der Waals surface area contributed by atoms with Crippen LogP contribution >= 0.6 is 0 Å². The molecule has 0 aliphatic carbocycles. The zero-order chi connectivity index (χ0) is 13.5. The van der Waals surface area contributed by atoms with E-state index in [9.17, 15) is 5.11 Å². The van der Waals surface area contributed by atoms with Crippen LogP contribution in [-0.2, 0) is 6.54 Å². The molecule has 0 bridgehead atoms. The van der Waals surface area contributed by atoms with E-state index >= 15 is 0 Å². The molecule has 0 fully saturated rings. The first kappa shape index (κ1) is 13.7. The standard InChI is InChI=1S/C14H20N4O/c1-17(9-10-18-12-15-11-16-18)8-7-14(19)13-5-3-2-4-6-13/h2-6,11-12,14,19H,7-10H2,1H3. The summed E-state index contributed by atoms with van der Waals surface area (Å²) in [5, 5.41) is 14.1. The first-order chi connectivity index (χ1) is 9.25. The summed E-state index contributed by atoms with van der Waals surface area (Å²) in [5.74, 6) is 0. The van der Waals surface area contributed by atoms with E-state index in [0.29, 0.717) is 0 Å². The highest BCUT2D eigenvalue weighted by Gasteiger charge is 2.08. The fourth-order valence-corrected chi connectivity index (χ4v) is 1.92. The summed E-state index contributed by atoms with van der Waals surface area (Å²) in [4.78, 5) is 6.10. The molecule has 0 amide bonds. The van der Waals surface area contributed by atoms with Gasteiger partial charge >= 0.3 is 0 Å². The Labute approximate surface area is 113 Å². The lowest BCUT2D eigenvalue weighted by atomic mass is 10.1. The molecule has 0 aliphatic heterocycles. The Balaban J connectivity index is 1.70. The fourth-order valence-electron chi connectivity index (χ4n) is 1.92. The first-order valence-corrected chi connectivity index (χ1v) is 6.49. The Bertz CT molecular complexity index is 458. The minimum atomic E-state index is -0.393. The number of rotatable bonds is 7. The number of hydrogen-bond acceptors (Lipinski definition) is 4. The topological polar surface area (TPSA) is 54.2 Å². The van der Waals surface area contributed by atoms with Crippen molar-refractivity contribution in [3.05, 3.63) is 48.5 Å². The molecule has 1 aromatic heterocycles. The van der Waals surface area contributed by atoms with Crippen molar-refractivity contribution in [2.24, 2.45) is 0 Å². The molecule has 19 heavy (non-hydrogen) atoms. The molecular formula is C14H20N4O. The Kier molecular flexibility index (Phi) is 5.06. The summed E-state index contributed by atoms with van der Waals surface area (Å²) in [5.41, 5.74) is 0.979. The Morgan fingerprint density at radius 1 is 1.26 bits per heavy atom. The molecule has 1 aromatic carbocycles. The van der Waals surface area contributed by atoms with Crippen molar-refractivity contribution in [2.45, 2.75) is 19.1 Å². The number of likely N-dealkylation sites (N-methyl/N-ethyl adjacent to an activating group) is 1. The van der Waals surface area contributed by atoms with E-state index in [4.69, 9.17) is 0 Å². The van der Waals surface area contributed by atoms with E-state index in [1.807, 2.05) is 35.0 Å². The summed E-state index contributed by atoms with van der Waals surface area (Å²) >= 11 is 0. The molecule has 0 radical (unpaired) electrons. The van der Waals surface area contributed by atoms with Crippen LogP contribution in [0.25, 0.3) is 0 Å². The highest BCUT2D eigenvalue weighted by atomic mass is 16.3. The molecule has 5 heteroatoms. The highest BCUT2D eigenvalue weighted by molar-refractivity contribution is 5.17. The van der Waals surface area contributed by atoms with Gasteiger partial charge in [0.2, 0.25) is 0 Å². The van der Waals surface area contributed by atoms with E-state index in [1.54, 1.807) is 12.7 Å². The molecule has 1 atom stereocenters. The van der Waals surface area contributed by atoms with Crippen LogP contribution in [0.3, 0.4) is 0 Å². The number of benzene rings is 1. The lowest BCUT2D eigenvalue weighted by Crippen LogP contribution is -2.25. The minimum absolute atomic E-state index is 0.393. The van der Waals surface area contributed by atoms with Crippen LogP contribution in [0.15, 0.2) is 43.0 Å². The number of aliphatic hydroxyl groups excluding tert-OH is 1. The van der Waals surface area contributed by atoms with Crippen LogP contribution in [0.4, 0.5) is 0 Å². The SMILES string of the molecule is CN(CCC(O)c1ccccc1)CCn1cncn1.